The number of thiol groups is 1. The molecule has 0 aromatic carbocycles. The minimum atomic E-state index is -4.66. The lowest BCUT2D eigenvalue weighted by Crippen LogP contribution is -2.30. The Morgan fingerprint density at radius 1 is 1.43 bits per heavy atom. The summed E-state index contributed by atoms with van der Waals surface area (Å²) in [6.45, 7) is -0.483. The van der Waals surface area contributed by atoms with Crippen LogP contribution in [0.2, 0.25) is 0 Å². The first-order valence-corrected chi connectivity index (χ1v) is 8.47. The number of nitrogens with two attached hydrogens (primary N) is 1. The third-order valence-corrected chi connectivity index (χ3v) is 4.45. The fourth-order valence-corrected chi connectivity index (χ4v) is 3.07. The van der Waals surface area contributed by atoms with E-state index in [1.807, 2.05) is 0 Å². The van der Waals surface area contributed by atoms with Crippen LogP contribution in [0.1, 0.15) is 6.23 Å². The number of phosphoric ester groups is 1. The van der Waals surface area contributed by atoms with E-state index in [1.165, 1.54) is 17.2 Å². The number of imidazole rings is 1. The van der Waals surface area contributed by atoms with Crippen molar-refractivity contribution >= 4 is 37.4 Å². The van der Waals surface area contributed by atoms with Crippen molar-refractivity contribution in [2.24, 2.45) is 0 Å². The molecule has 0 amide bonds. The normalized spacial score (nSPS) is 28.5. The van der Waals surface area contributed by atoms with Gasteiger partial charge in [-0.2, -0.15) is 12.6 Å². The zero-order valence-corrected chi connectivity index (χ0v) is 13.3. The Labute approximate surface area is 135 Å². The van der Waals surface area contributed by atoms with Crippen molar-refractivity contribution < 1.29 is 28.7 Å². The average molecular weight is 363 g/mol. The number of rotatable bonds is 4. The number of nitrogen functional groups attached to an aromatic ring is 1. The first-order valence-electron chi connectivity index (χ1n) is 6.42. The van der Waals surface area contributed by atoms with Crippen LogP contribution in [0.15, 0.2) is 12.7 Å². The van der Waals surface area contributed by atoms with Gasteiger partial charge >= 0.3 is 7.82 Å². The molecule has 0 radical (unpaired) electrons. The van der Waals surface area contributed by atoms with Crippen LogP contribution in [-0.2, 0) is 13.8 Å². The van der Waals surface area contributed by atoms with E-state index in [0.717, 1.165) is 0 Å². The highest BCUT2D eigenvalue weighted by Gasteiger charge is 2.44. The zero-order valence-electron chi connectivity index (χ0n) is 11.5. The fraction of sp³-hybridized carbons (Fsp3) is 0.500. The lowest BCUT2D eigenvalue weighted by atomic mass is 10.2. The Morgan fingerprint density at radius 2 is 2.17 bits per heavy atom. The van der Waals surface area contributed by atoms with Crippen LogP contribution in [0.4, 0.5) is 5.82 Å². The molecule has 0 aliphatic carbocycles. The molecular formula is C10H14N5O6PS. The van der Waals surface area contributed by atoms with Gasteiger partial charge in [-0.25, -0.2) is 19.5 Å². The number of hydrogen-bond acceptors (Lipinski definition) is 9. The average Bonchev–Trinajstić information content (AvgIpc) is 3.01. The maximum atomic E-state index is 10.8. The molecule has 1 unspecified atom stereocenters. The van der Waals surface area contributed by atoms with Crippen LogP contribution >= 0.6 is 20.5 Å². The van der Waals surface area contributed by atoms with Crippen LogP contribution in [0.25, 0.3) is 11.2 Å². The highest BCUT2D eigenvalue weighted by Crippen LogP contribution is 2.40. The molecule has 1 saturated heterocycles. The summed E-state index contributed by atoms with van der Waals surface area (Å²) in [4.78, 5) is 29.5. The van der Waals surface area contributed by atoms with Gasteiger partial charge in [0.05, 0.1) is 24.3 Å². The van der Waals surface area contributed by atoms with Crippen molar-refractivity contribution in [2.75, 3.05) is 12.3 Å². The molecule has 1 aliphatic heterocycles. The Bertz CT molecular complexity index is 767. The molecule has 0 spiro atoms. The lowest BCUT2D eigenvalue weighted by molar-refractivity contribution is -0.0422. The van der Waals surface area contributed by atoms with Gasteiger partial charge in [0.1, 0.15) is 17.9 Å². The monoisotopic (exact) mass is 363 g/mol. The molecule has 23 heavy (non-hydrogen) atoms. The third-order valence-electron chi connectivity index (χ3n) is 3.41. The van der Waals surface area contributed by atoms with Crippen molar-refractivity contribution in [3.05, 3.63) is 12.7 Å². The van der Waals surface area contributed by atoms with Crippen LogP contribution < -0.4 is 5.73 Å². The van der Waals surface area contributed by atoms with E-state index in [9.17, 15) is 9.67 Å². The van der Waals surface area contributed by atoms with Crippen molar-refractivity contribution in [3.8, 4) is 0 Å². The maximum Gasteiger partial charge on any atom is 0.469 e. The summed E-state index contributed by atoms with van der Waals surface area (Å²) in [5, 5.41) is 9.44. The summed E-state index contributed by atoms with van der Waals surface area (Å²) < 4.78 is 22.3. The van der Waals surface area contributed by atoms with Gasteiger partial charge in [-0.1, -0.05) is 0 Å². The fourth-order valence-electron chi connectivity index (χ4n) is 2.32. The van der Waals surface area contributed by atoms with Crippen LogP contribution in [0, 0.1) is 0 Å². The number of aromatic nitrogens is 4. The summed E-state index contributed by atoms with van der Waals surface area (Å²) in [6.07, 6.45) is -0.151. The summed E-state index contributed by atoms with van der Waals surface area (Å²) in [7, 11) is -4.66. The van der Waals surface area contributed by atoms with Gasteiger partial charge in [0, 0.05) is 0 Å². The number of fused-ring (bicyclic) bond motifs is 1. The summed E-state index contributed by atoms with van der Waals surface area (Å²) in [5.41, 5.74) is 6.48. The second-order valence-corrected chi connectivity index (χ2v) is 6.75. The minimum Gasteiger partial charge on any atom is -0.389 e. The van der Waals surface area contributed by atoms with Crippen molar-refractivity contribution in [1.82, 2.24) is 19.5 Å². The summed E-state index contributed by atoms with van der Waals surface area (Å²) in [5.74, 6) is 0.199. The molecule has 11 nitrogen and oxygen atoms in total. The molecule has 1 aliphatic rings. The molecule has 4 atom stereocenters. The van der Waals surface area contributed by atoms with E-state index in [1.54, 1.807) is 0 Å². The summed E-state index contributed by atoms with van der Waals surface area (Å²) in [6, 6.07) is 0. The van der Waals surface area contributed by atoms with E-state index in [2.05, 4.69) is 32.1 Å². The number of aliphatic hydroxyl groups excluding tert-OH is 1. The van der Waals surface area contributed by atoms with Crippen LogP contribution in [0.5, 0.6) is 0 Å². The highest BCUT2D eigenvalue weighted by molar-refractivity contribution is 7.81. The molecule has 13 heteroatoms. The van der Waals surface area contributed by atoms with E-state index in [4.69, 9.17) is 20.3 Å². The predicted molar refractivity (Wildman–Crippen MR) is 80.4 cm³/mol. The van der Waals surface area contributed by atoms with Gasteiger partial charge in [0.15, 0.2) is 17.7 Å². The number of ether oxygens (including phenoxy) is 1. The molecule has 0 saturated carbocycles. The SMILES string of the molecule is Nc1ncnc2c1ncn2[C@@H]1O[C@H](COP(=O)(O)O)[C@@H](O)C1S. The summed E-state index contributed by atoms with van der Waals surface area (Å²) >= 11 is 4.30. The molecule has 3 heterocycles. The molecule has 0 bridgehead atoms. The second kappa shape index (κ2) is 5.98. The van der Waals surface area contributed by atoms with Crippen LogP contribution in [-0.4, -0.2) is 58.5 Å². The molecule has 3 rings (SSSR count). The lowest BCUT2D eigenvalue weighted by Gasteiger charge is -2.16. The Morgan fingerprint density at radius 3 is 2.87 bits per heavy atom. The van der Waals surface area contributed by atoms with Crippen molar-refractivity contribution in [1.29, 1.82) is 0 Å². The van der Waals surface area contributed by atoms with E-state index < -0.39 is 38.1 Å². The molecule has 126 valence electrons. The Kier molecular flexibility index (Phi) is 4.31. The largest absolute Gasteiger partial charge is 0.469 e. The number of anilines is 1. The number of aliphatic hydroxyl groups is 1. The van der Waals surface area contributed by atoms with E-state index >= 15 is 0 Å². The first-order chi connectivity index (χ1) is 10.8. The second-order valence-electron chi connectivity index (χ2n) is 4.92. The standard InChI is InChI=1S/C10H14N5O6PS/c11-8-5-9(13-2-12-8)15(3-14-5)10-7(23)6(16)4(21-10)1-20-22(17,18)19/h2-4,6-7,10,16,23H,1H2,(H2,11,12,13)(H2,17,18,19)/t4-,6-,7?,10-/m1/s1. The molecular weight excluding hydrogens is 349 g/mol. The smallest absolute Gasteiger partial charge is 0.389 e. The Balaban J connectivity index is 1.85. The number of hydrogen-bond donors (Lipinski definition) is 5. The third kappa shape index (κ3) is 3.19. The first kappa shape index (κ1) is 16.6. The Hall–Kier alpha value is -1.27. The van der Waals surface area contributed by atoms with E-state index in [-0.39, 0.29) is 5.82 Å². The minimum absolute atomic E-state index is 0.199. The molecule has 2 aromatic heterocycles. The van der Waals surface area contributed by atoms with Gasteiger partial charge in [-0.15, -0.1) is 0 Å². The van der Waals surface area contributed by atoms with Gasteiger partial charge < -0.3 is 25.4 Å². The molecule has 2 aromatic rings. The quantitative estimate of drug-likeness (QED) is 0.338. The molecule has 5 N–H and O–H groups in total. The highest BCUT2D eigenvalue weighted by atomic mass is 32.1. The maximum absolute atomic E-state index is 10.8. The van der Waals surface area contributed by atoms with Gasteiger partial charge in [0.2, 0.25) is 0 Å². The van der Waals surface area contributed by atoms with Gasteiger partial charge in [-0.3, -0.25) is 9.09 Å². The van der Waals surface area contributed by atoms with Crippen molar-refractivity contribution in [3.63, 3.8) is 0 Å². The van der Waals surface area contributed by atoms with E-state index in [0.29, 0.717) is 11.2 Å². The van der Waals surface area contributed by atoms with Gasteiger partial charge in [0.25, 0.3) is 0 Å². The van der Waals surface area contributed by atoms with Gasteiger partial charge in [-0.05, 0) is 0 Å². The molecule has 1 fully saturated rings. The zero-order chi connectivity index (χ0) is 16.8. The van der Waals surface area contributed by atoms with Crippen LogP contribution in [0.3, 0.4) is 0 Å². The topological polar surface area (TPSA) is 166 Å². The van der Waals surface area contributed by atoms with Crippen molar-refractivity contribution in [2.45, 2.75) is 23.7 Å². The number of nitrogens with zero attached hydrogens (tertiary/aromatic N) is 4. The number of phosphoric acid groups is 1. The predicted octanol–water partition coefficient (Wildman–Crippen LogP) is -0.926.